The molecule has 0 rings (SSSR count). The molecule has 3 N–H and O–H groups in total. The molecule has 1 unspecified atom stereocenters. The van der Waals surface area contributed by atoms with Crippen molar-refractivity contribution in [2.75, 3.05) is 6.54 Å². The first-order valence-corrected chi connectivity index (χ1v) is 6.10. The third-order valence-electron chi connectivity index (χ3n) is 1.77. The molecular weight excluding hydrogens is 323 g/mol. The van der Waals surface area contributed by atoms with E-state index in [1.165, 1.54) is 0 Å². The van der Waals surface area contributed by atoms with Gasteiger partial charge in [0.2, 0.25) is 0 Å². The molecule has 0 fully saturated rings. The first kappa shape index (κ1) is 21.4. The first-order valence-electron chi connectivity index (χ1n) is 4.66. The average molecular weight is 335 g/mol. The quantitative estimate of drug-likeness (QED) is 0.459. The molecule has 0 saturated heterocycles. The molecule has 0 amide bonds. The predicted molar refractivity (Wildman–Crippen MR) is 56.2 cm³/mol. The molecule has 0 heterocycles. The second kappa shape index (κ2) is 6.72. The van der Waals surface area contributed by atoms with Crippen LogP contribution >= 0.6 is 0 Å². The van der Waals surface area contributed by atoms with Gasteiger partial charge in [0.15, 0.2) is 6.17 Å². The molecule has 0 aliphatic carbocycles. The van der Waals surface area contributed by atoms with Crippen LogP contribution in [0.4, 0.5) is 30.7 Å². The Morgan fingerprint density at radius 1 is 1.25 bits per heavy atom. The molecule has 0 aromatic heterocycles. The predicted octanol–water partition coefficient (Wildman–Crippen LogP) is 2.23. The zero-order valence-electron chi connectivity index (χ0n) is 9.96. The van der Waals surface area contributed by atoms with E-state index in [1.54, 1.807) is 6.08 Å². The van der Waals surface area contributed by atoms with Gasteiger partial charge in [0.1, 0.15) is 0 Å². The molecule has 0 saturated carbocycles. The summed E-state index contributed by atoms with van der Waals surface area (Å²) in [6.45, 7) is 3.78. The van der Waals surface area contributed by atoms with Gasteiger partial charge in [-0.15, -0.1) is 6.58 Å². The van der Waals surface area contributed by atoms with E-state index in [-0.39, 0.29) is 6.92 Å². The van der Waals surface area contributed by atoms with E-state index >= 15 is 0 Å². The van der Waals surface area contributed by atoms with Gasteiger partial charge in [0, 0.05) is 6.54 Å². The van der Waals surface area contributed by atoms with Crippen LogP contribution in [-0.4, -0.2) is 42.8 Å². The van der Waals surface area contributed by atoms with Gasteiger partial charge >= 0.3 is 27.2 Å². The van der Waals surface area contributed by atoms with Gasteiger partial charge in [-0.3, -0.25) is 4.55 Å². The van der Waals surface area contributed by atoms with Crippen LogP contribution in [0.1, 0.15) is 6.92 Å². The lowest BCUT2D eigenvalue weighted by molar-refractivity contribution is -0.297. The zero-order chi connectivity index (χ0) is 17.0. The second-order valence-corrected chi connectivity index (χ2v) is 4.79. The normalized spacial score (nSPS) is 15.1. The molecule has 0 aliphatic rings. The van der Waals surface area contributed by atoms with Crippen LogP contribution in [-0.2, 0) is 10.1 Å². The van der Waals surface area contributed by atoms with Gasteiger partial charge in [0.25, 0.3) is 0 Å². The molecule has 0 aromatic rings. The third kappa shape index (κ3) is 4.06. The Morgan fingerprint density at radius 2 is 1.55 bits per heavy atom. The van der Waals surface area contributed by atoms with Gasteiger partial charge in [0.05, 0.1) is 0 Å². The standard InChI is InChI=1S/C5H5F7O3S.C3H7N/c1-2(6)3(7,8)4(9,10)5(11,12)16(13,14)15;1-2-3-4/h2H,1H3,(H,13,14,15);2H,1,3-4H2. The second-order valence-electron chi connectivity index (χ2n) is 3.33. The minimum absolute atomic E-state index is 0.159. The van der Waals surface area contributed by atoms with E-state index in [0.717, 1.165) is 0 Å². The summed E-state index contributed by atoms with van der Waals surface area (Å²) in [5.41, 5.74) is 4.91. The van der Waals surface area contributed by atoms with Gasteiger partial charge in [-0.05, 0) is 6.92 Å². The summed E-state index contributed by atoms with van der Waals surface area (Å²) >= 11 is 0. The van der Waals surface area contributed by atoms with Crippen LogP contribution in [0.15, 0.2) is 12.7 Å². The first-order chi connectivity index (χ1) is 8.61. The van der Waals surface area contributed by atoms with E-state index < -0.39 is 33.4 Å². The van der Waals surface area contributed by atoms with E-state index in [1.807, 2.05) is 0 Å². The summed E-state index contributed by atoms with van der Waals surface area (Å²) in [4.78, 5) is 0. The van der Waals surface area contributed by atoms with Crippen LogP contribution in [0.5, 0.6) is 0 Å². The Morgan fingerprint density at radius 3 is 1.70 bits per heavy atom. The molecule has 4 nitrogen and oxygen atoms in total. The lowest BCUT2D eigenvalue weighted by Gasteiger charge is -2.31. The van der Waals surface area contributed by atoms with E-state index in [2.05, 4.69) is 6.58 Å². The SMILES string of the molecule is C=CCN.CC(F)C(F)(F)C(F)(F)C(F)(F)S(=O)(=O)O. The summed E-state index contributed by atoms with van der Waals surface area (Å²) < 4.78 is 114. The van der Waals surface area contributed by atoms with E-state index in [4.69, 9.17) is 10.3 Å². The van der Waals surface area contributed by atoms with Gasteiger partial charge in [-0.2, -0.15) is 34.8 Å². The summed E-state index contributed by atoms with van der Waals surface area (Å²) in [6, 6.07) is 0. The average Bonchev–Trinajstić information content (AvgIpc) is 2.27. The Labute approximate surface area is 110 Å². The minimum Gasteiger partial charge on any atom is -0.327 e. The Balaban J connectivity index is 0. The molecule has 1 atom stereocenters. The number of rotatable bonds is 5. The maximum absolute atomic E-state index is 12.4. The van der Waals surface area contributed by atoms with Crippen molar-refractivity contribution in [2.24, 2.45) is 5.73 Å². The smallest absolute Gasteiger partial charge is 0.327 e. The van der Waals surface area contributed by atoms with Crippen LogP contribution < -0.4 is 5.73 Å². The molecule has 0 bridgehead atoms. The van der Waals surface area contributed by atoms with Crippen molar-refractivity contribution < 1.29 is 43.7 Å². The number of halogens is 7. The highest BCUT2D eigenvalue weighted by atomic mass is 32.2. The van der Waals surface area contributed by atoms with Crippen molar-refractivity contribution in [3.05, 3.63) is 12.7 Å². The van der Waals surface area contributed by atoms with Gasteiger partial charge < -0.3 is 5.73 Å². The summed E-state index contributed by atoms with van der Waals surface area (Å²) in [5.74, 6) is -12.5. The molecule has 12 heteroatoms. The highest BCUT2D eigenvalue weighted by Gasteiger charge is 2.79. The topological polar surface area (TPSA) is 80.4 Å². The number of alkyl halides is 7. The van der Waals surface area contributed by atoms with Gasteiger partial charge in [-0.25, -0.2) is 4.39 Å². The third-order valence-corrected chi connectivity index (χ3v) is 2.68. The molecule has 0 radical (unpaired) electrons. The van der Waals surface area contributed by atoms with Crippen LogP contribution in [0, 0.1) is 0 Å². The van der Waals surface area contributed by atoms with Crippen LogP contribution in [0.2, 0.25) is 0 Å². The summed E-state index contributed by atoms with van der Waals surface area (Å²) in [6.07, 6.45) is -2.09. The summed E-state index contributed by atoms with van der Waals surface area (Å²) in [7, 11) is -6.81. The highest BCUT2D eigenvalue weighted by molar-refractivity contribution is 7.87. The maximum Gasteiger partial charge on any atom is 0.438 e. The fraction of sp³-hybridized carbons (Fsp3) is 0.750. The molecular formula is C8H12F7NO3S. The highest BCUT2D eigenvalue weighted by Crippen LogP contribution is 2.49. The summed E-state index contributed by atoms with van der Waals surface area (Å²) in [5, 5.41) is -6.50. The van der Waals surface area contributed by atoms with E-state index in [0.29, 0.717) is 6.54 Å². The molecule has 20 heavy (non-hydrogen) atoms. The van der Waals surface area contributed by atoms with Crippen LogP contribution in [0.3, 0.4) is 0 Å². The van der Waals surface area contributed by atoms with Crippen molar-refractivity contribution >= 4 is 10.1 Å². The zero-order valence-corrected chi connectivity index (χ0v) is 10.8. The molecule has 122 valence electrons. The van der Waals surface area contributed by atoms with E-state index in [9.17, 15) is 39.2 Å². The van der Waals surface area contributed by atoms with Crippen molar-refractivity contribution in [1.82, 2.24) is 0 Å². The largest absolute Gasteiger partial charge is 0.438 e. The number of hydrogen-bond donors (Lipinski definition) is 2. The fourth-order valence-corrected chi connectivity index (χ4v) is 1.07. The fourth-order valence-electron chi connectivity index (χ4n) is 0.606. The van der Waals surface area contributed by atoms with Crippen LogP contribution in [0.25, 0.3) is 0 Å². The van der Waals surface area contributed by atoms with Crippen molar-refractivity contribution in [2.45, 2.75) is 30.2 Å². The van der Waals surface area contributed by atoms with Crippen molar-refractivity contribution in [1.29, 1.82) is 0 Å². The molecule has 0 aromatic carbocycles. The maximum atomic E-state index is 12.4. The lowest BCUT2D eigenvalue weighted by Crippen LogP contribution is -2.60. The minimum atomic E-state index is -6.81. The Hall–Kier alpha value is -0.880. The van der Waals surface area contributed by atoms with Crippen molar-refractivity contribution in [3.63, 3.8) is 0 Å². The Kier molecular flexibility index (Phi) is 7.19. The number of nitrogens with two attached hydrogens (primary N) is 1. The lowest BCUT2D eigenvalue weighted by atomic mass is 10.1. The van der Waals surface area contributed by atoms with Crippen molar-refractivity contribution in [3.8, 4) is 0 Å². The number of hydrogen-bond acceptors (Lipinski definition) is 3. The monoisotopic (exact) mass is 335 g/mol. The molecule has 0 spiro atoms. The Bertz CT molecular complexity index is 422. The van der Waals surface area contributed by atoms with Gasteiger partial charge in [-0.1, -0.05) is 6.08 Å². The molecule has 0 aliphatic heterocycles.